The van der Waals surface area contributed by atoms with Crippen molar-refractivity contribution < 1.29 is 12.8 Å². The van der Waals surface area contributed by atoms with Crippen LogP contribution >= 0.6 is 24.0 Å². The maximum Gasteiger partial charge on any atom is 0.191 e. The fraction of sp³-hybridized carbons (Fsp3) is 0.500. The van der Waals surface area contributed by atoms with Crippen molar-refractivity contribution in [2.24, 2.45) is 4.99 Å². The van der Waals surface area contributed by atoms with Crippen molar-refractivity contribution in [2.75, 3.05) is 25.6 Å². The summed E-state index contributed by atoms with van der Waals surface area (Å²) in [6.45, 7) is 2.67. The molecule has 0 aliphatic carbocycles. The van der Waals surface area contributed by atoms with E-state index in [-0.39, 0.29) is 35.5 Å². The largest absolute Gasteiger partial charge is 0.356 e. The average molecular weight is 443 g/mol. The first-order valence-electron chi connectivity index (χ1n) is 6.69. The van der Waals surface area contributed by atoms with Crippen LogP contribution in [0.15, 0.2) is 23.2 Å². The van der Waals surface area contributed by atoms with E-state index in [1.165, 1.54) is 12.3 Å². The summed E-state index contributed by atoms with van der Waals surface area (Å²) in [4.78, 5) is 4.03. The quantitative estimate of drug-likeness (QED) is 0.305. The zero-order valence-corrected chi connectivity index (χ0v) is 16.2. The molecule has 22 heavy (non-hydrogen) atoms. The van der Waals surface area contributed by atoms with Gasteiger partial charge in [0.15, 0.2) is 5.96 Å². The summed E-state index contributed by atoms with van der Waals surface area (Å²) in [7, 11) is -1.31. The van der Waals surface area contributed by atoms with E-state index in [2.05, 4.69) is 15.6 Å². The number of guanidine groups is 1. The van der Waals surface area contributed by atoms with Crippen molar-refractivity contribution >= 4 is 39.8 Å². The molecular weight excluding hydrogens is 420 g/mol. The fourth-order valence-electron chi connectivity index (χ4n) is 1.69. The molecule has 0 spiro atoms. The number of rotatable bonds is 6. The summed E-state index contributed by atoms with van der Waals surface area (Å²) in [6.07, 6.45) is 1.73. The van der Waals surface area contributed by atoms with Crippen molar-refractivity contribution in [3.8, 4) is 0 Å². The second kappa shape index (κ2) is 9.98. The van der Waals surface area contributed by atoms with Gasteiger partial charge in [0.25, 0.3) is 0 Å². The van der Waals surface area contributed by atoms with Gasteiger partial charge < -0.3 is 10.6 Å². The van der Waals surface area contributed by atoms with E-state index in [4.69, 9.17) is 0 Å². The highest BCUT2D eigenvalue weighted by atomic mass is 127. The number of aliphatic imine (C=N–C) groups is 1. The van der Waals surface area contributed by atoms with Crippen LogP contribution in [0.4, 0.5) is 4.39 Å². The van der Waals surface area contributed by atoms with Gasteiger partial charge in [-0.05, 0) is 30.5 Å². The molecule has 0 saturated heterocycles. The topological polar surface area (TPSA) is 70.6 Å². The Kier molecular flexibility index (Phi) is 9.58. The molecule has 8 heteroatoms. The van der Waals surface area contributed by atoms with Gasteiger partial charge in [-0.25, -0.2) is 12.8 Å². The number of benzene rings is 1. The summed E-state index contributed by atoms with van der Waals surface area (Å²) in [5.41, 5.74) is 1.43. The Labute approximate surface area is 148 Å². The first-order valence-corrected chi connectivity index (χ1v) is 8.75. The van der Waals surface area contributed by atoms with Gasteiger partial charge in [-0.15, -0.1) is 24.0 Å². The Balaban J connectivity index is 0.00000441. The van der Waals surface area contributed by atoms with Gasteiger partial charge in [0, 0.05) is 26.4 Å². The van der Waals surface area contributed by atoms with Crippen molar-refractivity contribution in [3.63, 3.8) is 0 Å². The summed E-state index contributed by atoms with van der Waals surface area (Å²) < 4.78 is 35.4. The minimum Gasteiger partial charge on any atom is -0.356 e. The molecule has 0 aromatic heterocycles. The van der Waals surface area contributed by atoms with Crippen LogP contribution in [0.3, 0.4) is 0 Å². The van der Waals surface area contributed by atoms with E-state index < -0.39 is 9.84 Å². The van der Waals surface area contributed by atoms with E-state index in [0.29, 0.717) is 31.0 Å². The molecule has 1 aromatic carbocycles. The lowest BCUT2D eigenvalue weighted by Crippen LogP contribution is -2.37. The van der Waals surface area contributed by atoms with Crippen LogP contribution in [0.5, 0.6) is 0 Å². The molecule has 0 bridgehead atoms. The number of aryl methyl sites for hydroxylation is 1. The Bertz CT molecular complexity index is 606. The molecule has 5 nitrogen and oxygen atoms in total. The smallest absolute Gasteiger partial charge is 0.191 e. The van der Waals surface area contributed by atoms with E-state index in [1.54, 1.807) is 20.0 Å². The summed E-state index contributed by atoms with van der Waals surface area (Å²) in [5.74, 6) is 0.468. The Morgan fingerprint density at radius 2 is 2.00 bits per heavy atom. The van der Waals surface area contributed by atoms with Gasteiger partial charge in [0.1, 0.15) is 15.7 Å². The third-order valence-electron chi connectivity index (χ3n) is 2.90. The predicted molar refractivity (Wildman–Crippen MR) is 99.1 cm³/mol. The molecule has 0 unspecified atom stereocenters. The van der Waals surface area contributed by atoms with E-state index in [0.717, 1.165) is 5.56 Å². The lowest BCUT2D eigenvalue weighted by molar-refractivity contribution is 0.598. The van der Waals surface area contributed by atoms with Crippen LogP contribution in [-0.4, -0.2) is 40.0 Å². The van der Waals surface area contributed by atoms with Gasteiger partial charge >= 0.3 is 0 Å². The highest BCUT2D eigenvalue weighted by Crippen LogP contribution is 2.08. The molecule has 0 aliphatic rings. The highest BCUT2D eigenvalue weighted by Gasteiger charge is 2.03. The zero-order chi connectivity index (χ0) is 15.9. The molecule has 0 atom stereocenters. The average Bonchev–Trinajstić information content (AvgIpc) is 2.40. The molecule has 0 heterocycles. The molecule has 1 rings (SSSR count). The number of halogens is 2. The van der Waals surface area contributed by atoms with E-state index in [9.17, 15) is 12.8 Å². The molecule has 0 aliphatic heterocycles. The van der Waals surface area contributed by atoms with Crippen LogP contribution in [0.2, 0.25) is 0 Å². The number of sulfone groups is 1. The Morgan fingerprint density at radius 1 is 1.32 bits per heavy atom. The fourth-order valence-corrected chi connectivity index (χ4v) is 2.36. The Hall–Kier alpha value is -0.900. The molecule has 1 aromatic rings. The molecule has 0 radical (unpaired) electrons. The SMILES string of the molecule is CN=C(NCCCS(C)(=O)=O)NCc1ccc(C)c(F)c1.I. The first kappa shape index (κ1) is 21.1. The van der Waals surface area contributed by atoms with Crippen molar-refractivity contribution in [1.82, 2.24) is 10.6 Å². The number of nitrogens with one attached hydrogen (secondary N) is 2. The second-order valence-electron chi connectivity index (χ2n) is 4.92. The molecule has 2 N–H and O–H groups in total. The van der Waals surface area contributed by atoms with Gasteiger partial charge in [-0.1, -0.05) is 12.1 Å². The molecule has 126 valence electrons. The summed E-state index contributed by atoms with van der Waals surface area (Å²) in [5, 5.41) is 6.07. The van der Waals surface area contributed by atoms with Crippen LogP contribution in [-0.2, 0) is 16.4 Å². The van der Waals surface area contributed by atoms with Crippen molar-refractivity contribution in [1.29, 1.82) is 0 Å². The monoisotopic (exact) mass is 443 g/mol. The lowest BCUT2D eigenvalue weighted by Gasteiger charge is -2.12. The molecule has 0 saturated carbocycles. The Morgan fingerprint density at radius 3 is 2.55 bits per heavy atom. The maximum absolute atomic E-state index is 13.4. The number of nitrogens with zero attached hydrogens (tertiary/aromatic N) is 1. The summed E-state index contributed by atoms with van der Waals surface area (Å²) in [6, 6.07) is 5.07. The van der Waals surface area contributed by atoms with Crippen molar-refractivity contribution in [3.05, 3.63) is 35.1 Å². The van der Waals surface area contributed by atoms with Gasteiger partial charge in [0.05, 0.1) is 5.75 Å². The van der Waals surface area contributed by atoms with E-state index >= 15 is 0 Å². The third-order valence-corrected chi connectivity index (χ3v) is 3.93. The number of hydrogen-bond acceptors (Lipinski definition) is 3. The molecule has 0 fully saturated rings. The summed E-state index contributed by atoms with van der Waals surface area (Å²) >= 11 is 0. The molecular formula is C14H23FIN3O2S. The first-order chi connectivity index (χ1) is 9.81. The van der Waals surface area contributed by atoms with Crippen LogP contribution < -0.4 is 10.6 Å². The second-order valence-corrected chi connectivity index (χ2v) is 7.18. The van der Waals surface area contributed by atoms with Crippen LogP contribution in [0.25, 0.3) is 0 Å². The van der Waals surface area contributed by atoms with Gasteiger partial charge in [0.2, 0.25) is 0 Å². The molecule has 0 amide bonds. The van der Waals surface area contributed by atoms with Crippen LogP contribution in [0.1, 0.15) is 17.5 Å². The normalized spacial score (nSPS) is 11.7. The van der Waals surface area contributed by atoms with Gasteiger partial charge in [-0.3, -0.25) is 4.99 Å². The predicted octanol–water partition coefficient (Wildman–Crippen LogP) is 1.85. The zero-order valence-electron chi connectivity index (χ0n) is 13.0. The van der Waals surface area contributed by atoms with E-state index in [1.807, 2.05) is 6.07 Å². The minimum absolute atomic E-state index is 0. The van der Waals surface area contributed by atoms with Crippen LogP contribution in [0, 0.1) is 12.7 Å². The maximum atomic E-state index is 13.4. The number of hydrogen-bond donors (Lipinski definition) is 2. The minimum atomic E-state index is -2.93. The highest BCUT2D eigenvalue weighted by molar-refractivity contribution is 14.0. The van der Waals surface area contributed by atoms with Crippen molar-refractivity contribution in [2.45, 2.75) is 19.9 Å². The third kappa shape index (κ3) is 8.52. The lowest BCUT2D eigenvalue weighted by atomic mass is 10.1. The van der Waals surface area contributed by atoms with Gasteiger partial charge in [-0.2, -0.15) is 0 Å². The standard InChI is InChI=1S/C14H22FN3O2S.HI/c1-11-5-6-12(9-13(11)15)10-18-14(16-2)17-7-4-8-21(3,19)20;/h5-6,9H,4,7-8,10H2,1-3H3,(H2,16,17,18);1H.